The van der Waals surface area contributed by atoms with Gasteiger partial charge < -0.3 is 14.2 Å². The van der Waals surface area contributed by atoms with E-state index in [0.29, 0.717) is 13.2 Å². The van der Waals surface area contributed by atoms with Gasteiger partial charge in [0.25, 0.3) is 0 Å². The predicted molar refractivity (Wildman–Crippen MR) is 107 cm³/mol. The van der Waals surface area contributed by atoms with Crippen LogP contribution in [0.1, 0.15) is 6.42 Å². The molecule has 0 spiro atoms. The van der Waals surface area contributed by atoms with Crippen molar-refractivity contribution in [2.45, 2.75) is 18.8 Å². The van der Waals surface area contributed by atoms with Crippen LogP contribution in [0.5, 0.6) is 0 Å². The Labute approximate surface area is 180 Å². The van der Waals surface area contributed by atoms with E-state index in [4.69, 9.17) is 14.2 Å². The second kappa shape index (κ2) is 13.5. The summed E-state index contributed by atoms with van der Waals surface area (Å²) in [7, 11) is 1.69. The van der Waals surface area contributed by atoms with E-state index in [1.54, 1.807) is 7.11 Å². The number of rotatable bonds is 5. The summed E-state index contributed by atoms with van der Waals surface area (Å²) in [5, 5.41) is 0. The first-order chi connectivity index (χ1) is 13.4. The molecule has 1 aromatic carbocycles. The number of hydrogen-bond acceptors (Lipinski definition) is 4. The smallest absolute Gasteiger partial charge is 0.382 e. The van der Waals surface area contributed by atoms with Crippen molar-refractivity contribution in [1.82, 2.24) is 0 Å². The van der Waals surface area contributed by atoms with Crippen LogP contribution >= 0.6 is 0 Å². The van der Waals surface area contributed by atoms with Crippen LogP contribution in [0.3, 0.4) is 0 Å². The summed E-state index contributed by atoms with van der Waals surface area (Å²) in [6.45, 7) is 1.27. The molecule has 1 aromatic rings. The molecule has 0 aromatic heterocycles. The van der Waals surface area contributed by atoms with Gasteiger partial charge in [-0.1, -0.05) is 18.2 Å². The van der Waals surface area contributed by atoms with Crippen molar-refractivity contribution in [1.29, 1.82) is 0 Å². The van der Waals surface area contributed by atoms with Crippen molar-refractivity contribution in [2.24, 2.45) is 4.99 Å². The number of ether oxygens (including phenoxy) is 3. The maximum atomic E-state index is 5.96. The molecule has 2 atom stereocenters. The number of aliphatic imine (C=N–C) groups is 1. The third kappa shape index (κ3) is 7.61. The van der Waals surface area contributed by atoms with Gasteiger partial charge in [0.05, 0.1) is 25.0 Å². The Kier molecular flexibility index (Phi) is 11.4. The first-order valence-electron chi connectivity index (χ1n) is 9.14. The number of nitrogens with zero attached hydrogens (tertiary/aromatic N) is 1. The van der Waals surface area contributed by atoms with E-state index in [1.807, 2.05) is 87.9 Å². The molecule has 0 N–H and O–H groups in total. The fourth-order valence-electron chi connectivity index (χ4n) is 2.82. The SMILES string of the molecule is COC[C@@H]1CCO[C@H]([C]2[CH][CH][CH][C]2C=Nc2ccccc2)O1.[CH]1[CH][CH][CH][CH]1.[Fe+2]. The van der Waals surface area contributed by atoms with E-state index in [2.05, 4.69) is 4.99 Å². The number of para-hydroxylation sites is 1. The summed E-state index contributed by atoms with van der Waals surface area (Å²) >= 11 is 0. The van der Waals surface area contributed by atoms with Gasteiger partial charge in [0.15, 0.2) is 6.29 Å². The van der Waals surface area contributed by atoms with Gasteiger partial charge >= 0.3 is 17.1 Å². The van der Waals surface area contributed by atoms with Crippen molar-refractivity contribution in [3.05, 3.63) is 93.5 Å². The van der Waals surface area contributed by atoms with Crippen LogP contribution < -0.4 is 0 Å². The monoisotopic (exact) mass is 419 g/mol. The molecule has 4 nitrogen and oxygen atoms in total. The molecule has 0 unspecified atom stereocenters. The average Bonchev–Trinajstić information content (AvgIpc) is 3.43. The van der Waals surface area contributed by atoms with Gasteiger partial charge in [-0.3, -0.25) is 4.99 Å². The molecule has 146 valence electrons. The minimum absolute atomic E-state index is 0. The maximum absolute atomic E-state index is 5.96. The standard InChI is InChI=1S/C18H20NO3.C5H5.Fe/c1-20-13-16-10-11-21-18(22-16)17-9-5-6-14(17)12-19-15-7-3-2-4-8-15;1-2-4-5-3-1;/h2-9,12,16,18H,10-11,13H2,1H3;1-5H;/q;;+2/t16-,18-;;/m0../s1. The van der Waals surface area contributed by atoms with E-state index in [0.717, 1.165) is 23.9 Å². The Morgan fingerprint density at radius 2 is 1.75 bits per heavy atom. The summed E-state index contributed by atoms with van der Waals surface area (Å²) in [6, 6.07) is 9.87. The van der Waals surface area contributed by atoms with Gasteiger partial charge in [-0.05, 0) is 69.9 Å². The molecule has 3 aliphatic rings. The van der Waals surface area contributed by atoms with Gasteiger partial charge in [-0.15, -0.1) is 0 Å². The third-order valence-electron chi connectivity index (χ3n) is 4.18. The third-order valence-corrected chi connectivity index (χ3v) is 4.18. The average molecular weight is 419 g/mol. The van der Waals surface area contributed by atoms with Gasteiger partial charge in [-0.25, -0.2) is 0 Å². The van der Waals surface area contributed by atoms with Crippen LogP contribution in [0.2, 0.25) is 0 Å². The van der Waals surface area contributed by atoms with Gasteiger partial charge in [-0.2, -0.15) is 0 Å². The molecule has 1 heterocycles. The summed E-state index contributed by atoms with van der Waals surface area (Å²) in [5.41, 5.74) is 0.928. The zero-order chi connectivity index (χ0) is 18.7. The second-order valence-electron chi connectivity index (χ2n) is 6.20. The minimum Gasteiger partial charge on any atom is -0.382 e. The molecular formula is C23H25FeNO3+2. The normalized spacial score (nSPS) is 26.0. The zero-order valence-electron chi connectivity index (χ0n) is 15.9. The first kappa shape index (κ1) is 23.6. The fourth-order valence-corrected chi connectivity index (χ4v) is 2.82. The van der Waals surface area contributed by atoms with Crippen LogP contribution in [0, 0.1) is 63.2 Å². The second-order valence-corrected chi connectivity index (χ2v) is 6.20. The molecule has 4 rings (SSSR count). The Morgan fingerprint density at radius 3 is 2.43 bits per heavy atom. The number of benzene rings is 1. The van der Waals surface area contributed by atoms with Crippen molar-refractivity contribution in [3.63, 3.8) is 0 Å². The molecule has 2 saturated carbocycles. The van der Waals surface area contributed by atoms with Crippen molar-refractivity contribution < 1.29 is 31.3 Å². The van der Waals surface area contributed by atoms with E-state index in [9.17, 15) is 0 Å². The summed E-state index contributed by atoms with van der Waals surface area (Å²) in [5.74, 6) is 2.03. The quantitative estimate of drug-likeness (QED) is 0.536. The van der Waals surface area contributed by atoms with Crippen LogP contribution in [-0.4, -0.2) is 38.9 Å². The van der Waals surface area contributed by atoms with Crippen molar-refractivity contribution in [2.75, 3.05) is 20.3 Å². The van der Waals surface area contributed by atoms with E-state index < -0.39 is 0 Å². The summed E-state index contributed by atoms with van der Waals surface area (Å²) in [6.07, 6.45) is 18.5. The topological polar surface area (TPSA) is 40.0 Å². The van der Waals surface area contributed by atoms with Crippen LogP contribution in [0.15, 0.2) is 35.3 Å². The molecule has 5 heteroatoms. The zero-order valence-corrected chi connectivity index (χ0v) is 17.0. The predicted octanol–water partition coefficient (Wildman–Crippen LogP) is 3.96. The molecule has 28 heavy (non-hydrogen) atoms. The summed E-state index contributed by atoms with van der Waals surface area (Å²) in [4.78, 5) is 4.50. The molecule has 2 aliphatic carbocycles. The summed E-state index contributed by atoms with van der Waals surface area (Å²) < 4.78 is 16.9. The Morgan fingerprint density at radius 1 is 1.04 bits per heavy atom. The molecule has 10 radical (unpaired) electrons. The Bertz CT molecular complexity index is 540. The molecule has 3 fully saturated rings. The van der Waals surface area contributed by atoms with Crippen LogP contribution in [0.25, 0.3) is 0 Å². The molecule has 1 saturated heterocycles. The number of methoxy groups -OCH3 is 1. The maximum Gasteiger partial charge on any atom is 2.00 e. The van der Waals surface area contributed by atoms with Crippen LogP contribution in [0.4, 0.5) is 5.69 Å². The fraction of sp³-hybridized carbons (Fsp3) is 0.261. The first-order valence-corrected chi connectivity index (χ1v) is 9.14. The van der Waals surface area contributed by atoms with Gasteiger partial charge in [0.2, 0.25) is 0 Å². The molecule has 0 bridgehead atoms. The van der Waals surface area contributed by atoms with E-state index in [-0.39, 0.29) is 29.5 Å². The van der Waals surface area contributed by atoms with E-state index >= 15 is 0 Å². The van der Waals surface area contributed by atoms with Gasteiger partial charge in [0, 0.05) is 25.2 Å². The van der Waals surface area contributed by atoms with E-state index in [1.165, 1.54) is 0 Å². The minimum atomic E-state index is -0.346. The molecule has 0 amide bonds. The van der Waals surface area contributed by atoms with Crippen LogP contribution in [-0.2, 0) is 31.3 Å². The van der Waals surface area contributed by atoms with Gasteiger partial charge in [0.1, 0.15) is 0 Å². The molecular weight excluding hydrogens is 394 g/mol. The Hall–Kier alpha value is -0.711. The molecule has 1 aliphatic heterocycles. The number of hydrogen-bond donors (Lipinski definition) is 0. The Balaban J connectivity index is 0.000000408. The largest absolute Gasteiger partial charge is 2.00 e. The van der Waals surface area contributed by atoms with Crippen molar-refractivity contribution in [3.8, 4) is 0 Å². The van der Waals surface area contributed by atoms with Crippen molar-refractivity contribution >= 4 is 11.9 Å².